The summed E-state index contributed by atoms with van der Waals surface area (Å²) in [4.78, 5) is 47.8. The highest BCUT2D eigenvalue weighted by Crippen LogP contribution is 2.35. The van der Waals surface area contributed by atoms with E-state index in [0.29, 0.717) is 5.56 Å². The van der Waals surface area contributed by atoms with Gasteiger partial charge in [-0.15, -0.1) is 0 Å². The molecule has 0 unspecified atom stereocenters. The molecule has 2 N–H and O–H groups in total. The molecule has 0 radical (unpaired) electrons. The molecule has 2 aromatic carbocycles. The Balaban J connectivity index is 1.67. The van der Waals surface area contributed by atoms with Gasteiger partial charge in [0, 0.05) is 17.7 Å². The van der Waals surface area contributed by atoms with Crippen LogP contribution in [-0.4, -0.2) is 35.8 Å². The maximum atomic E-state index is 12.2. The molecule has 1 aliphatic rings. The van der Waals surface area contributed by atoms with Gasteiger partial charge in [-0.05, 0) is 25.1 Å². The molecule has 10 nitrogen and oxygen atoms in total. The number of ether oxygens (including phenoxy) is 1. The average molecular weight is 384 g/mol. The molecule has 0 aromatic heterocycles. The molecule has 1 aliphatic heterocycles. The zero-order chi connectivity index (χ0) is 20.3. The molecule has 3 rings (SSSR count). The van der Waals surface area contributed by atoms with Gasteiger partial charge in [0.05, 0.1) is 10.6 Å². The first-order chi connectivity index (χ1) is 13.3. The Hall–Kier alpha value is -3.95. The molecule has 0 aliphatic carbocycles. The summed E-state index contributed by atoms with van der Waals surface area (Å²) >= 11 is 0. The van der Waals surface area contributed by atoms with E-state index >= 15 is 0 Å². The van der Waals surface area contributed by atoms with E-state index in [1.165, 1.54) is 12.1 Å². The summed E-state index contributed by atoms with van der Waals surface area (Å²) in [7, 11) is 0. The maximum absolute atomic E-state index is 12.2. The molecule has 0 saturated heterocycles. The molecule has 10 heteroatoms. The number of rotatable bonds is 4. The molecular formula is C18H16N4O6. The van der Waals surface area contributed by atoms with Crippen molar-refractivity contribution in [2.75, 3.05) is 18.1 Å². The first-order valence-corrected chi connectivity index (χ1v) is 8.22. The fraction of sp³-hybridized carbons (Fsp3) is 0.167. The number of fused-ring (bicyclic) bond motifs is 1. The second kappa shape index (κ2) is 7.74. The number of nitrogens with zero attached hydrogens (tertiary/aromatic N) is 2. The van der Waals surface area contributed by atoms with E-state index in [-0.39, 0.29) is 23.7 Å². The molecule has 28 heavy (non-hydrogen) atoms. The smallest absolute Gasteiger partial charge is 0.271 e. The van der Waals surface area contributed by atoms with E-state index in [1.54, 1.807) is 24.3 Å². The van der Waals surface area contributed by atoms with Crippen molar-refractivity contribution in [3.8, 4) is 5.75 Å². The van der Waals surface area contributed by atoms with Gasteiger partial charge in [-0.1, -0.05) is 17.7 Å². The monoisotopic (exact) mass is 384 g/mol. The van der Waals surface area contributed by atoms with Crippen molar-refractivity contribution in [3.63, 3.8) is 0 Å². The predicted octanol–water partition coefficient (Wildman–Crippen LogP) is 1.09. The van der Waals surface area contributed by atoms with Crippen LogP contribution < -0.4 is 20.5 Å². The SMILES string of the molecule is Cc1ccc(C(=O)NNC(=O)CN2C(=O)COc3ccc([N+](=O)[O-])cc32)cc1. The summed E-state index contributed by atoms with van der Waals surface area (Å²) in [6, 6.07) is 10.5. The Morgan fingerprint density at radius 1 is 1.18 bits per heavy atom. The van der Waals surface area contributed by atoms with Gasteiger partial charge in [0.2, 0.25) is 0 Å². The first kappa shape index (κ1) is 18.8. The van der Waals surface area contributed by atoms with Crippen molar-refractivity contribution in [2.45, 2.75) is 6.92 Å². The van der Waals surface area contributed by atoms with Crippen LogP contribution in [0.1, 0.15) is 15.9 Å². The van der Waals surface area contributed by atoms with Crippen molar-refractivity contribution < 1.29 is 24.0 Å². The lowest BCUT2D eigenvalue weighted by Gasteiger charge is -2.28. The highest BCUT2D eigenvalue weighted by atomic mass is 16.6. The van der Waals surface area contributed by atoms with Crippen molar-refractivity contribution >= 4 is 29.1 Å². The second-order valence-corrected chi connectivity index (χ2v) is 6.05. The van der Waals surface area contributed by atoms with Crippen LogP contribution in [0.25, 0.3) is 0 Å². The summed E-state index contributed by atoms with van der Waals surface area (Å²) in [5.41, 5.74) is 5.70. The molecule has 144 valence electrons. The highest BCUT2D eigenvalue weighted by Gasteiger charge is 2.29. The number of aryl methyl sites for hydroxylation is 1. The van der Waals surface area contributed by atoms with Crippen LogP contribution in [0.5, 0.6) is 5.75 Å². The predicted molar refractivity (Wildman–Crippen MR) is 97.7 cm³/mol. The zero-order valence-corrected chi connectivity index (χ0v) is 14.8. The minimum absolute atomic E-state index is 0.116. The van der Waals surface area contributed by atoms with Crippen molar-refractivity contribution in [2.24, 2.45) is 0 Å². The largest absolute Gasteiger partial charge is 0.482 e. The van der Waals surface area contributed by atoms with Crippen LogP contribution in [0.3, 0.4) is 0 Å². The van der Waals surface area contributed by atoms with Gasteiger partial charge in [-0.25, -0.2) is 0 Å². The quantitative estimate of drug-likeness (QED) is 0.599. The van der Waals surface area contributed by atoms with Gasteiger partial charge in [-0.2, -0.15) is 0 Å². The summed E-state index contributed by atoms with van der Waals surface area (Å²) in [5.74, 6) is -1.47. The molecular weight excluding hydrogens is 368 g/mol. The van der Waals surface area contributed by atoms with E-state index < -0.39 is 29.2 Å². The zero-order valence-electron chi connectivity index (χ0n) is 14.8. The van der Waals surface area contributed by atoms with Crippen LogP contribution in [-0.2, 0) is 9.59 Å². The van der Waals surface area contributed by atoms with Crippen LogP contribution >= 0.6 is 0 Å². The number of hydrazine groups is 1. The molecule has 0 saturated carbocycles. The minimum atomic E-state index is -0.673. The number of hydrogen-bond donors (Lipinski definition) is 2. The number of hydrogen-bond acceptors (Lipinski definition) is 6. The normalized spacial score (nSPS) is 12.6. The Morgan fingerprint density at radius 3 is 2.57 bits per heavy atom. The van der Waals surface area contributed by atoms with Crippen molar-refractivity contribution in [3.05, 3.63) is 63.7 Å². The Bertz CT molecular complexity index is 957. The number of carbonyl (C=O) groups excluding carboxylic acids is 3. The van der Waals surface area contributed by atoms with E-state index in [2.05, 4.69) is 10.9 Å². The van der Waals surface area contributed by atoms with Gasteiger partial charge >= 0.3 is 0 Å². The van der Waals surface area contributed by atoms with E-state index in [4.69, 9.17) is 4.74 Å². The van der Waals surface area contributed by atoms with Crippen LogP contribution in [0.15, 0.2) is 42.5 Å². The second-order valence-electron chi connectivity index (χ2n) is 6.05. The minimum Gasteiger partial charge on any atom is -0.482 e. The Morgan fingerprint density at radius 2 is 1.89 bits per heavy atom. The van der Waals surface area contributed by atoms with Gasteiger partial charge in [-0.3, -0.25) is 40.2 Å². The molecule has 0 atom stereocenters. The van der Waals surface area contributed by atoms with E-state index in [0.717, 1.165) is 16.5 Å². The summed E-state index contributed by atoms with van der Waals surface area (Å²) in [5, 5.41) is 11.0. The van der Waals surface area contributed by atoms with Crippen molar-refractivity contribution in [1.29, 1.82) is 0 Å². The van der Waals surface area contributed by atoms with Gasteiger partial charge < -0.3 is 4.74 Å². The fourth-order valence-electron chi connectivity index (χ4n) is 2.56. The Labute approximate surface area is 159 Å². The number of nitro groups is 1. The number of anilines is 1. The van der Waals surface area contributed by atoms with Crippen LogP contribution in [0.4, 0.5) is 11.4 Å². The lowest BCUT2D eigenvalue weighted by molar-refractivity contribution is -0.384. The molecule has 0 fully saturated rings. The van der Waals surface area contributed by atoms with E-state index in [9.17, 15) is 24.5 Å². The topological polar surface area (TPSA) is 131 Å². The molecule has 0 bridgehead atoms. The maximum Gasteiger partial charge on any atom is 0.271 e. The number of non-ortho nitro benzene ring substituents is 1. The fourth-order valence-corrected chi connectivity index (χ4v) is 2.56. The average Bonchev–Trinajstić information content (AvgIpc) is 2.68. The standard InChI is InChI=1S/C18H16N4O6/c1-11-2-4-12(5-3-11)18(25)20-19-16(23)9-21-14-8-13(22(26)27)6-7-15(14)28-10-17(21)24/h2-8H,9-10H2,1H3,(H,19,23)(H,20,25). The van der Waals surface area contributed by atoms with Gasteiger partial charge in [0.15, 0.2) is 6.61 Å². The summed E-state index contributed by atoms with van der Waals surface area (Å²) in [6.07, 6.45) is 0. The third kappa shape index (κ3) is 4.06. The molecule has 2 aromatic rings. The third-order valence-electron chi connectivity index (χ3n) is 4.03. The molecule has 1 heterocycles. The van der Waals surface area contributed by atoms with E-state index in [1.807, 2.05) is 6.92 Å². The number of amides is 3. The van der Waals surface area contributed by atoms with Gasteiger partial charge in [0.25, 0.3) is 23.4 Å². The van der Waals surface area contributed by atoms with Crippen molar-refractivity contribution in [1.82, 2.24) is 10.9 Å². The third-order valence-corrected chi connectivity index (χ3v) is 4.03. The molecule has 3 amide bonds. The number of benzene rings is 2. The summed E-state index contributed by atoms with van der Waals surface area (Å²) < 4.78 is 5.23. The highest BCUT2D eigenvalue weighted by molar-refractivity contribution is 6.03. The van der Waals surface area contributed by atoms with Gasteiger partial charge in [0.1, 0.15) is 12.3 Å². The number of nitro benzene ring substituents is 1. The Kier molecular flexibility index (Phi) is 5.21. The lowest BCUT2D eigenvalue weighted by atomic mass is 10.1. The number of carbonyl (C=O) groups is 3. The number of nitrogens with one attached hydrogen (secondary N) is 2. The van der Waals surface area contributed by atoms with Crippen LogP contribution in [0.2, 0.25) is 0 Å². The first-order valence-electron chi connectivity index (χ1n) is 8.22. The van der Waals surface area contributed by atoms with Crippen LogP contribution in [0, 0.1) is 17.0 Å². The molecule has 0 spiro atoms. The summed E-state index contributed by atoms with van der Waals surface area (Å²) in [6.45, 7) is 1.14. The lowest BCUT2D eigenvalue weighted by Crippen LogP contribution is -2.49.